The second kappa shape index (κ2) is 15.4. The molecular formula is C19H41N. The summed E-state index contributed by atoms with van der Waals surface area (Å²) in [6, 6.07) is 0. The Morgan fingerprint density at radius 3 is 1.95 bits per heavy atom. The van der Waals surface area contributed by atoms with Gasteiger partial charge >= 0.3 is 0 Å². The monoisotopic (exact) mass is 283 g/mol. The van der Waals surface area contributed by atoms with Gasteiger partial charge in [0.25, 0.3) is 0 Å². The van der Waals surface area contributed by atoms with E-state index < -0.39 is 0 Å². The summed E-state index contributed by atoms with van der Waals surface area (Å²) in [5, 5.41) is 3.62. The molecular weight excluding hydrogens is 242 g/mol. The molecule has 1 nitrogen and oxygen atoms in total. The van der Waals surface area contributed by atoms with E-state index >= 15 is 0 Å². The third-order valence-electron chi connectivity index (χ3n) is 4.25. The molecule has 0 aromatic rings. The lowest BCUT2D eigenvalue weighted by Crippen LogP contribution is -2.18. The highest BCUT2D eigenvalue weighted by molar-refractivity contribution is 4.58. The Hall–Kier alpha value is -0.0400. The molecule has 0 rings (SSSR count). The predicted octanol–water partition coefficient (Wildman–Crippen LogP) is 6.18. The van der Waals surface area contributed by atoms with E-state index in [1.165, 1.54) is 83.7 Å². The molecule has 0 saturated carbocycles. The van der Waals surface area contributed by atoms with Crippen molar-refractivity contribution in [2.75, 3.05) is 13.1 Å². The normalized spacial score (nSPS) is 13.1. The van der Waals surface area contributed by atoms with Gasteiger partial charge in [0.15, 0.2) is 0 Å². The van der Waals surface area contributed by atoms with Crippen LogP contribution in [-0.4, -0.2) is 13.1 Å². The average molecular weight is 284 g/mol. The zero-order valence-corrected chi connectivity index (χ0v) is 14.8. The van der Waals surface area contributed by atoms with Gasteiger partial charge in [-0.1, -0.05) is 85.5 Å². The van der Waals surface area contributed by atoms with Gasteiger partial charge in [-0.15, -0.1) is 0 Å². The minimum atomic E-state index is 0.873. The van der Waals surface area contributed by atoms with Gasteiger partial charge in [-0.05, 0) is 37.8 Å². The molecule has 1 heteroatoms. The van der Waals surface area contributed by atoms with Crippen LogP contribution in [0.25, 0.3) is 0 Å². The van der Waals surface area contributed by atoms with E-state index in [4.69, 9.17) is 0 Å². The van der Waals surface area contributed by atoms with Crippen LogP contribution in [0.4, 0.5) is 0 Å². The van der Waals surface area contributed by atoms with Gasteiger partial charge in [-0.25, -0.2) is 0 Å². The lowest BCUT2D eigenvalue weighted by atomic mass is 9.97. The number of hydrogen-bond donors (Lipinski definition) is 1. The Morgan fingerprint density at radius 1 is 0.650 bits per heavy atom. The molecule has 0 aliphatic carbocycles. The van der Waals surface area contributed by atoms with Gasteiger partial charge < -0.3 is 5.32 Å². The average Bonchev–Trinajstić information content (AvgIpc) is 2.40. The Kier molecular flexibility index (Phi) is 15.3. The van der Waals surface area contributed by atoms with Crippen LogP contribution in [0.5, 0.6) is 0 Å². The second-order valence-electron chi connectivity index (χ2n) is 7.09. The Morgan fingerprint density at radius 2 is 1.30 bits per heavy atom. The van der Waals surface area contributed by atoms with Crippen molar-refractivity contribution in [3.8, 4) is 0 Å². The van der Waals surface area contributed by atoms with Crippen molar-refractivity contribution >= 4 is 0 Å². The van der Waals surface area contributed by atoms with Crippen molar-refractivity contribution in [2.45, 2.75) is 98.3 Å². The van der Waals surface area contributed by atoms with E-state index in [2.05, 4.69) is 33.0 Å². The van der Waals surface area contributed by atoms with E-state index in [1.54, 1.807) is 0 Å². The summed E-state index contributed by atoms with van der Waals surface area (Å²) >= 11 is 0. The summed E-state index contributed by atoms with van der Waals surface area (Å²) in [5.41, 5.74) is 0. The van der Waals surface area contributed by atoms with Gasteiger partial charge in [0.2, 0.25) is 0 Å². The first kappa shape index (κ1) is 20.0. The molecule has 1 unspecified atom stereocenters. The number of hydrogen-bond acceptors (Lipinski definition) is 1. The Bertz CT molecular complexity index is 177. The SMILES string of the molecule is CCCCCCCCCNCCC(C)CCCC(C)C. The maximum Gasteiger partial charge on any atom is -0.00464 e. The zero-order valence-electron chi connectivity index (χ0n) is 14.8. The molecule has 0 saturated heterocycles. The molecule has 1 N–H and O–H groups in total. The lowest BCUT2D eigenvalue weighted by Gasteiger charge is -2.12. The molecule has 0 bridgehead atoms. The first-order valence-electron chi connectivity index (χ1n) is 9.37. The highest BCUT2D eigenvalue weighted by Gasteiger charge is 2.02. The van der Waals surface area contributed by atoms with Crippen molar-refractivity contribution in [2.24, 2.45) is 11.8 Å². The van der Waals surface area contributed by atoms with Gasteiger partial charge in [0.05, 0.1) is 0 Å². The third kappa shape index (κ3) is 16.0. The van der Waals surface area contributed by atoms with Crippen LogP contribution in [0.3, 0.4) is 0 Å². The fourth-order valence-corrected chi connectivity index (χ4v) is 2.70. The first-order chi connectivity index (χ1) is 9.66. The molecule has 122 valence electrons. The Labute approximate surface area is 129 Å². The van der Waals surface area contributed by atoms with E-state index in [0.717, 1.165) is 11.8 Å². The highest BCUT2D eigenvalue weighted by atomic mass is 14.8. The van der Waals surface area contributed by atoms with Crippen molar-refractivity contribution in [1.29, 1.82) is 0 Å². The number of rotatable bonds is 15. The lowest BCUT2D eigenvalue weighted by molar-refractivity contribution is 0.424. The van der Waals surface area contributed by atoms with Crippen LogP contribution in [0, 0.1) is 11.8 Å². The molecule has 20 heavy (non-hydrogen) atoms. The minimum absolute atomic E-state index is 0.873. The summed E-state index contributed by atoms with van der Waals surface area (Å²) in [4.78, 5) is 0. The largest absolute Gasteiger partial charge is 0.317 e. The van der Waals surface area contributed by atoms with Crippen LogP contribution in [-0.2, 0) is 0 Å². The zero-order chi connectivity index (χ0) is 15.1. The van der Waals surface area contributed by atoms with Crippen molar-refractivity contribution in [3.63, 3.8) is 0 Å². The standard InChI is InChI=1S/C19H41N/c1-5-6-7-8-9-10-11-16-20-17-15-19(4)14-12-13-18(2)3/h18-20H,5-17H2,1-4H3. The van der Waals surface area contributed by atoms with Gasteiger partial charge in [-0.3, -0.25) is 0 Å². The Balaban J connectivity index is 3.11. The van der Waals surface area contributed by atoms with E-state index in [-0.39, 0.29) is 0 Å². The first-order valence-corrected chi connectivity index (χ1v) is 9.37. The van der Waals surface area contributed by atoms with Crippen LogP contribution >= 0.6 is 0 Å². The summed E-state index contributed by atoms with van der Waals surface area (Å²) in [6.45, 7) is 11.8. The molecule has 0 aromatic heterocycles. The molecule has 0 heterocycles. The van der Waals surface area contributed by atoms with E-state index in [9.17, 15) is 0 Å². The van der Waals surface area contributed by atoms with Crippen LogP contribution in [0.2, 0.25) is 0 Å². The third-order valence-corrected chi connectivity index (χ3v) is 4.25. The smallest absolute Gasteiger partial charge is 0.00464 e. The van der Waals surface area contributed by atoms with Crippen LogP contribution in [0.1, 0.15) is 98.3 Å². The van der Waals surface area contributed by atoms with Crippen molar-refractivity contribution in [3.05, 3.63) is 0 Å². The van der Waals surface area contributed by atoms with Crippen molar-refractivity contribution < 1.29 is 0 Å². The van der Waals surface area contributed by atoms with Gasteiger partial charge in [0, 0.05) is 0 Å². The van der Waals surface area contributed by atoms with Crippen LogP contribution < -0.4 is 5.32 Å². The number of nitrogens with one attached hydrogen (secondary N) is 1. The summed E-state index contributed by atoms with van der Waals surface area (Å²) in [5.74, 6) is 1.77. The molecule has 0 aliphatic heterocycles. The fourth-order valence-electron chi connectivity index (χ4n) is 2.70. The molecule has 0 aromatic carbocycles. The molecule has 0 radical (unpaired) electrons. The fraction of sp³-hybridized carbons (Fsp3) is 1.00. The van der Waals surface area contributed by atoms with Crippen LogP contribution in [0.15, 0.2) is 0 Å². The quantitative estimate of drug-likeness (QED) is 0.354. The maximum absolute atomic E-state index is 3.62. The summed E-state index contributed by atoms with van der Waals surface area (Å²) in [7, 11) is 0. The molecule has 0 amide bonds. The molecule has 1 atom stereocenters. The highest BCUT2D eigenvalue weighted by Crippen LogP contribution is 2.14. The topological polar surface area (TPSA) is 12.0 Å². The molecule has 0 fully saturated rings. The molecule has 0 spiro atoms. The minimum Gasteiger partial charge on any atom is -0.317 e. The number of unbranched alkanes of at least 4 members (excludes halogenated alkanes) is 6. The van der Waals surface area contributed by atoms with Gasteiger partial charge in [-0.2, -0.15) is 0 Å². The maximum atomic E-state index is 3.62. The van der Waals surface area contributed by atoms with Crippen molar-refractivity contribution in [1.82, 2.24) is 5.32 Å². The second-order valence-corrected chi connectivity index (χ2v) is 7.09. The predicted molar refractivity (Wildman–Crippen MR) is 93.3 cm³/mol. The summed E-state index contributed by atoms with van der Waals surface area (Å²) in [6.07, 6.45) is 15.5. The van der Waals surface area contributed by atoms with Gasteiger partial charge in [0.1, 0.15) is 0 Å². The summed E-state index contributed by atoms with van der Waals surface area (Å²) < 4.78 is 0. The molecule has 0 aliphatic rings. The van der Waals surface area contributed by atoms with E-state index in [0.29, 0.717) is 0 Å². The van der Waals surface area contributed by atoms with E-state index in [1.807, 2.05) is 0 Å².